The summed E-state index contributed by atoms with van der Waals surface area (Å²) in [7, 11) is 1.63. The molecular weight excluding hydrogens is 296 g/mol. The Labute approximate surface area is 130 Å². The average molecular weight is 310 g/mol. The molecule has 0 aliphatic rings. The van der Waals surface area contributed by atoms with Crippen LogP contribution in [0.15, 0.2) is 39.8 Å². The highest BCUT2D eigenvalue weighted by Gasteiger charge is 2.16. The van der Waals surface area contributed by atoms with Crippen LogP contribution in [0.3, 0.4) is 0 Å². The van der Waals surface area contributed by atoms with Crippen molar-refractivity contribution in [3.05, 3.63) is 40.9 Å². The van der Waals surface area contributed by atoms with Gasteiger partial charge in [-0.15, -0.1) is 0 Å². The normalized spacial score (nSPS) is 11.7. The summed E-state index contributed by atoms with van der Waals surface area (Å²) in [5.74, 6) is 0. The summed E-state index contributed by atoms with van der Waals surface area (Å²) in [5, 5.41) is 0.373. The fourth-order valence-corrected chi connectivity index (χ4v) is 2.60. The number of benzene rings is 1. The Kier molecular flexibility index (Phi) is 3.27. The standard InChI is InChI=1S/C16H14N4O3/c1-22-8-4-7-20-9-17-14-12(16(20)21)13-15(23-14)19-11-6-3-2-5-10(11)18-13/h2-3,5-6,9H,4,7-8H2,1H3. The Hall–Kier alpha value is -2.80. The van der Waals surface area contributed by atoms with Gasteiger partial charge in [0.1, 0.15) is 17.2 Å². The number of rotatable bonds is 4. The molecule has 0 fully saturated rings. The van der Waals surface area contributed by atoms with Crippen molar-refractivity contribution < 1.29 is 9.15 Å². The van der Waals surface area contributed by atoms with Crippen LogP contribution in [0.1, 0.15) is 6.42 Å². The van der Waals surface area contributed by atoms with E-state index in [1.807, 2.05) is 24.3 Å². The van der Waals surface area contributed by atoms with Crippen molar-refractivity contribution in [1.29, 1.82) is 0 Å². The van der Waals surface area contributed by atoms with Gasteiger partial charge in [-0.25, -0.2) is 15.0 Å². The minimum Gasteiger partial charge on any atom is -0.417 e. The number of aromatic nitrogens is 4. The van der Waals surface area contributed by atoms with E-state index in [4.69, 9.17) is 9.15 Å². The van der Waals surface area contributed by atoms with Gasteiger partial charge in [0.25, 0.3) is 5.56 Å². The lowest BCUT2D eigenvalue weighted by atomic mass is 10.3. The monoisotopic (exact) mass is 310 g/mol. The van der Waals surface area contributed by atoms with Gasteiger partial charge in [0.15, 0.2) is 0 Å². The first kappa shape index (κ1) is 13.8. The molecular formula is C16H14N4O3. The second kappa shape index (κ2) is 5.44. The highest BCUT2D eigenvalue weighted by atomic mass is 16.5. The Morgan fingerprint density at radius 2 is 1.96 bits per heavy atom. The molecule has 3 heterocycles. The molecule has 0 N–H and O–H groups in total. The molecule has 4 rings (SSSR count). The molecule has 7 nitrogen and oxygen atoms in total. The first-order valence-corrected chi connectivity index (χ1v) is 7.31. The van der Waals surface area contributed by atoms with Gasteiger partial charge in [-0.1, -0.05) is 12.1 Å². The average Bonchev–Trinajstić information content (AvgIpc) is 2.93. The number of hydrogen-bond donors (Lipinski definition) is 0. The summed E-state index contributed by atoms with van der Waals surface area (Å²) in [6, 6.07) is 7.47. The number of ether oxygens (including phenoxy) is 1. The van der Waals surface area contributed by atoms with Gasteiger partial charge >= 0.3 is 0 Å². The number of methoxy groups -OCH3 is 1. The zero-order valence-electron chi connectivity index (χ0n) is 12.5. The lowest BCUT2D eigenvalue weighted by molar-refractivity contribution is 0.190. The van der Waals surface area contributed by atoms with Crippen LogP contribution in [0.4, 0.5) is 0 Å². The molecule has 0 aliphatic carbocycles. The molecule has 4 aromatic rings. The third-order valence-electron chi connectivity index (χ3n) is 3.72. The maximum absolute atomic E-state index is 12.7. The summed E-state index contributed by atoms with van der Waals surface area (Å²) < 4.78 is 12.2. The van der Waals surface area contributed by atoms with Crippen LogP contribution in [-0.2, 0) is 11.3 Å². The van der Waals surface area contributed by atoms with Gasteiger partial charge in [0.2, 0.25) is 11.4 Å². The predicted octanol–water partition coefficient (Wildman–Crippen LogP) is 2.12. The molecule has 3 aromatic heterocycles. The second-order valence-corrected chi connectivity index (χ2v) is 5.24. The minimum absolute atomic E-state index is 0.172. The third-order valence-corrected chi connectivity index (χ3v) is 3.72. The van der Waals surface area contributed by atoms with Crippen LogP contribution in [0, 0.1) is 0 Å². The number of para-hydroxylation sites is 2. The molecule has 0 saturated carbocycles. The smallest absolute Gasteiger partial charge is 0.266 e. The highest BCUT2D eigenvalue weighted by molar-refractivity contribution is 6.01. The van der Waals surface area contributed by atoms with E-state index in [2.05, 4.69) is 15.0 Å². The minimum atomic E-state index is -0.172. The molecule has 0 atom stereocenters. The first-order valence-electron chi connectivity index (χ1n) is 7.31. The van der Waals surface area contributed by atoms with Gasteiger partial charge in [-0.2, -0.15) is 0 Å². The lowest BCUT2D eigenvalue weighted by Crippen LogP contribution is -2.21. The fraction of sp³-hybridized carbons (Fsp3) is 0.250. The van der Waals surface area contributed by atoms with Crippen molar-refractivity contribution in [2.75, 3.05) is 13.7 Å². The van der Waals surface area contributed by atoms with Gasteiger partial charge in [0.05, 0.1) is 11.0 Å². The second-order valence-electron chi connectivity index (χ2n) is 5.24. The van der Waals surface area contributed by atoms with E-state index >= 15 is 0 Å². The van der Waals surface area contributed by atoms with Gasteiger partial charge in [0, 0.05) is 20.3 Å². The molecule has 116 valence electrons. The number of aryl methyl sites for hydroxylation is 1. The van der Waals surface area contributed by atoms with E-state index in [1.54, 1.807) is 11.7 Å². The SMILES string of the molecule is COCCCn1cnc2oc3nc4ccccc4nc3c2c1=O. The first-order chi connectivity index (χ1) is 11.3. The number of fused-ring (bicyclic) bond motifs is 4. The molecule has 0 spiro atoms. The van der Waals surface area contributed by atoms with E-state index < -0.39 is 0 Å². The maximum Gasteiger partial charge on any atom is 0.266 e. The molecule has 23 heavy (non-hydrogen) atoms. The summed E-state index contributed by atoms with van der Waals surface area (Å²) in [4.78, 5) is 25.9. The van der Waals surface area contributed by atoms with E-state index in [-0.39, 0.29) is 11.3 Å². The van der Waals surface area contributed by atoms with Crippen LogP contribution in [0.2, 0.25) is 0 Å². The van der Waals surface area contributed by atoms with E-state index in [0.29, 0.717) is 29.8 Å². The van der Waals surface area contributed by atoms with Crippen molar-refractivity contribution in [3.63, 3.8) is 0 Å². The molecule has 0 bridgehead atoms. The van der Waals surface area contributed by atoms with Crippen molar-refractivity contribution in [1.82, 2.24) is 19.5 Å². The number of hydrogen-bond acceptors (Lipinski definition) is 6. The van der Waals surface area contributed by atoms with Gasteiger partial charge in [-0.3, -0.25) is 9.36 Å². The zero-order chi connectivity index (χ0) is 15.8. The van der Waals surface area contributed by atoms with Crippen molar-refractivity contribution in [3.8, 4) is 0 Å². The summed E-state index contributed by atoms with van der Waals surface area (Å²) in [6.45, 7) is 1.12. The Morgan fingerprint density at radius 1 is 1.17 bits per heavy atom. The summed E-state index contributed by atoms with van der Waals surface area (Å²) in [5.41, 5.74) is 2.32. The van der Waals surface area contributed by atoms with Crippen LogP contribution in [-0.4, -0.2) is 33.2 Å². The van der Waals surface area contributed by atoms with E-state index in [9.17, 15) is 4.79 Å². The number of furan rings is 1. The molecule has 0 amide bonds. The molecule has 0 unspecified atom stereocenters. The lowest BCUT2D eigenvalue weighted by Gasteiger charge is -2.03. The van der Waals surface area contributed by atoms with E-state index in [0.717, 1.165) is 17.5 Å². The summed E-state index contributed by atoms with van der Waals surface area (Å²) >= 11 is 0. The third kappa shape index (κ3) is 2.25. The number of nitrogens with zero attached hydrogens (tertiary/aromatic N) is 4. The molecule has 0 radical (unpaired) electrons. The predicted molar refractivity (Wildman–Crippen MR) is 85.4 cm³/mol. The molecule has 0 aliphatic heterocycles. The van der Waals surface area contributed by atoms with Gasteiger partial charge < -0.3 is 9.15 Å². The van der Waals surface area contributed by atoms with Crippen molar-refractivity contribution in [2.24, 2.45) is 0 Å². The quantitative estimate of drug-likeness (QED) is 0.537. The van der Waals surface area contributed by atoms with E-state index in [1.165, 1.54) is 6.33 Å². The van der Waals surface area contributed by atoms with Gasteiger partial charge in [-0.05, 0) is 18.6 Å². The van der Waals surface area contributed by atoms with Crippen LogP contribution < -0.4 is 5.56 Å². The van der Waals surface area contributed by atoms with Crippen molar-refractivity contribution >= 4 is 33.4 Å². The Morgan fingerprint density at radius 3 is 2.74 bits per heavy atom. The zero-order valence-corrected chi connectivity index (χ0v) is 12.5. The van der Waals surface area contributed by atoms with Crippen LogP contribution in [0.25, 0.3) is 33.4 Å². The maximum atomic E-state index is 12.7. The largest absolute Gasteiger partial charge is 0.417 e. The fourth-order valence-electron chi connectivity index (χ4n) is 2.60. The van der Waals surface area contributed by atoms with Crippen LogP contribution >= 0.6 is 0 Å². The van der Waals surface area contributed by atoms with Crippen LogP contribution in [0.5, 0.6) is 0 Å². The van der Waals surface area contributed by atoms with Crippen molar-refractivity contribution in [2.45, 2.75) is 13.0 Å². The molecule has 0 saturated heterocycles. The molecule has 1 aromatic carbocycles. The molecule has 7 heteroatoms. The summed E-state index contributed by atoms with van der Waals surface area (Å²) in [6.07, 6.45) is 2.22. The topological polar surface area (TPSA) is 83.0 Å². The Balaban J connectivity index is 1.95. The Bertz CT molecular complexity index is 1070. The highest BCUT2D eigenvalue weighted by Crippen LogP contribution is 2.23.